The lowest BCUT2D eigenvalue weighted by molar-refractivity contribution is -0.272. The zero-order valence-corrected chi connectivity index (χ0v) is 32.2. The number of aliphatic hydroxyl groups is 3. The minimum Gasteiger partial charge on any atom is -0.462 e. The van der Waals surface area contributed by atoms with Crippen molar-refractivity contribution in [1.29, 1.82) is 0 Å². The number of amides is 4. The van der Waals surface area contributed by atoms with Gasteiger partial charge in [-0.15, -0.1) is 0 Å². The third-order valence-electron chi connectivity index (χ3n) is 9.02. The van der Waals surface area contributed by atoms with Crippen LogP contribution in [0.5, 0.6) is 5.75 Å². The number of imide groups is 1. The summed E-state index contributed by atoms with van der Waals surface area (Å²) in [6.45, 7) is 9.09. The molecule has 2 heterocycles. The fraction of sp³-hybridized carbons (Fsp3) is 0.667. The molecule has 17 nitrogen and oxygen atoms in total. The number of aliphatic hydroxyl groups excluding tert-OH is 3. The molecule has 3 rings (SSSR count). The molecule has 1 fully saturated rings. The third kappa shape index (κ3) is 15.8. The van der Waals surface area contributed by atoms with Crippen molar-refractivity contribution in [1.82, 2.24) is 10.2 Å². The molecule has 0 aromatic heterocycles. The summed E-state index contributed by atoms with van der Waals surface area (Å²) in [6.07, 6.45) is -2.21. The Morgan fingerprint density at radius 2 is 1.46 bits per heavy atom. The predicted octanol–water partition coefficient (Wildman–Crippen LogP) is 1.74. The summed E-state index contributed by atoms with van der Waals surface area (Å²) in [5.74, 6) is -0.705. The molecular weight excluding hydrogens is 729 g/mol. The molecule has 1 aromatic rings. The van der Waals surface area contributed by atoms with E-state index in [0.29, 0.717) is 64.1 Å². The molecule has 0 aliphatic carbocycles. The van der Waals surface area contributed by atoms with Gasteiger partial charge in [0.1, 0.15) is 24.1 Å². The molecular formula is C36H56N3O14P. The van der Waals surface area contributed by atoms with Gasteiger partial charge in [0.25, 0.3) is 11.8 Å². The van der Waals surface area contributed by atoms with Crippen molar-refractivity contribution in [3.63, 3.8) is 0 Å². The quantitative estimate of drug-likeness (QED) is 0.0475. The summed E-state index contributed by atoms with van der Waals surface area (Å²) < 4.78 is 34.4. The number of carbonyl (C=O) groups excluding carboxylic acids is 4. The Morgan fingerprint density at radius 3 is 2.11 bits per heavy atom. The van der Waals surface area contributed by atoms with Gasteiger partial charge in [0.2, 0.25) is 18.1 Å². The summed E-state index contributed by atoms with van der Waals surface area (Å²) in [4.78, 5) is 67.4. The van der Waals surface area contributed by atoms with Crippen molar-refractivity contribution in [2.45, 2.75) is 121 Å². The lowest BCUT2D eigenvalue weighted by atomic mass is 9.97. The van der Waals surface area contributed by atoms with Gasteiger partial charge < -0.3 is 54.7 Å². The molecule has 0 bridgehead atoms. The minimum atomic E-state index is -4.38. The largest absolute Gasteiger partial charge is 0.462 e. The zero-order chi connectivity index (χ0) is 40.1. The van der Waals surface area contributed by atoms with Crippen LogP contribution in [0.3, 0.4) is 0 Å². The molecule has 2 aliphatic rings. The van der Waals surface area contributed by atoms with Gasteiger partial charge in [-0.2, -0.15) is 0 Å². The van der Waals surface area contributed by atoms with Crippen LogP contribution in [0, 0.1) is 0 Å². The summed E-state index contributed by atoms with van der Waals surface area (Å²) in [6, 6.07) is 6.15. The van der Waals surface area contributed by atoms with Crippen LogP contribution < -0.4 is 15.4 Å². The Balaban J connectivity index is 1.28. The van der Waals surface area contributed by atoms with Crippen LogP contribution in [0.2, 0.25) is 0 Å². The highest BCUT2D eigenvalue weighted by molar-refractivity contribution is 7.51. The molecule has 18 heteroatoms. The van der Waals surface area contributed by atoms with E-state index < -0.39 is 55.7 Å². The van der Waals surface area contributed by atoms with Gasteiger partial charge in [-0.1, -0.05) is 6.42 Å². The monoisotopic (exact) mass is 785 g/mol. The second kappa shape index (κ2) is 20.6. The second-order valence-corrected chi connectivity index (χ2v) is 16.4. The van der Waals surface area contributed by atoms with Gasteiger partial charge >= 0.3 is 7.60 Å². The Kier molecular flexibility index (Phi) is 17.2. The lowest BCUT2D eigenvalue weighted by Crippen LogP contribution is -2.59. The number of hydrogen-bond donors (Lipinski definition) is 7. The maximum Gasteiger partial charge on any atom is 0.325 e. The molecule has 0 radical (unpaired) electrons. The van der Waals surface area contributed by atoms with Crippen LogP contribution in [0.25, 0.3) is 0 Å². The number of carbonyl (C=O) groups is 4. The van der Waals surface area contributed by atoms with Gasteiger partial charge in [0, 0.05) is 43.8 Å². The highest BCUT2D eigenvalue weighted by Crippen LogP contribution is 2.37. The SMILES string of the molecule is CC(C)(CCOC(C)(C)CCC(=O)Nc1ccc(O[C@H]2O[C@H](CCP(=O)(O)O)[C@@H](O)[C@H](O)[C@@H]2O)cc1)OCCNC(=O)CCCCCN1C(=O)C=CC1=O. The van der Waals surface area contributed by atoms with Gasteiger partial charge in [-0.3, -0.25) is 28.6 Å². The molecule has 304 valence electrons. The molecule has 5 atom stereocenters. The lowest BCUT2D eigenvalue weighted by Gasteiger charge is -2.40. The first-order valence-corrected chi connectivity index (χ1v) is 19.9. The highest BCUT2D eigenvalue weighted by Gasteiger charge is 2.45. The molecule has 0 spiro atoms. The first kappa shape index (κ1) is 45.1. The number of anilines is 1. The molecule has 2 aliphatic heterocycles. The van der Waals surface area contributed by atoms with Gasteiger partial charge in [0.05, 0.1) is 36.7 Å². The van der Waals surface area contributed by atoms with Crippen LogP contribution in [0.15, 0.2) is 36.4 Å². The Labute approximate surface area is 315 Å². The maximum atomic E-state index is 12.7. The Morgan fingerprint density at radius 1 is 0.833 bits per heavy atom. The van der Waals surface area contributed by atoms with Crippen LogP contribution >= 0.6 is 7.60 Å². The van der Waals surface area contributed by atoms with Crippen molar-refractivity contribution < 1.29 is 67.8 Å². The molecule has 54 heavy (non-hydrogen) atoms. The summed E-state index contributed by atoms with van der Waals surface area (Å²) in [5, 5.41) is 36.3. The molecule has 4 amide bonds. The summed E-state index contributed by atoms with van der Waals surface area (Å²) in [5.41, 5.74) is -0.634. The van der Waals surface area contributed by atoms with Crippen LogP contribution in [0.4, 0.5) is 5.69 Å². The van der Waals surface area contributed by atoms with E-state index in [4.69, 9.17) is 28.7 Å². The topological polar surface area (TPSA) is 251 Å². The first-order valence-electron chi connectivity index (χ1n) is 18.1. The zero-order valence-electron chi connectivity index (χ0n) is 31.3. The predicted molar refractivity (Wildman–Crippen MR) is 195 cm³/mol. The van der Waals surface area contributed by atoms with Gasteiger partial charge in [0.15, 0.2) is 0 Å². The van der Waals surface area contributed by atoms with Crippen LogP contribution in [-0.2, 0) is 38.0 Å². The number of rotatable bonds is 23. The van der Waals surface area contributed by atoms with Crippen molar-refractivity contribution >= 4 is 36.9 Å². The molecule has 1 saturated heterocycles. The van der Waals surface area contributed by atoms with Crippen LogP contribution in [0.1, 0.15) is 79.1 Å². The normalized spacial score (nSPS) is 22.1. The minimum absolute atomic E-state index is 0.0871. The van der Waals surface area contributed by atoms with Crippen molar-refractivity contribution in [2.24, 2.45) is 0 Å². The Hall–Kier alpha value is -3.25. The van der Waals surface area contributed by atoms with Gasteiger partial charge in [-0.05, 0) is 84.1 Å². The van der Waals surface area contributed by atoms with E-state index in [1.807, 2.05) is 27.7 Å². The summed E-state index contributed by atoms with van der Waals surface area (Å²) >= 11 is 0. The second-order valence-electron chi connectivity index (χ2n) is 14.7. The third-order valence-corrected chi connectivity index (χ3v) is 9.86. The van der Waals surface area contributed by atoms with Crippen molar-refractivity contribution in [2.75, 3.05) is 37.8 Å². The van der Waals surface area contributed by atoms with Crippen LogP contribution in [-0.4, -0.2) is 128 Å². The van der Waals surface area contributed by atoms with E-state index in [2.05, 4.69) is 10.6 Å². The van der Waals surface area contributed by atoms with E-state index in [1.54, 1.807) is 12.1 Å². The van der Waals surface area contributed by atoms with E-state index in [1.165, 1.54) is 29.2 Å². The number of benzene rings is 1. The molecule has 0 saturated carbocycles. The molecule has 1 aromatic carbocycles. The van der Waals surface area contributed by atoms with Crippen molar-refractivity contribution in [3.05, 3.63) is 36.4 Å². The molecule has 7 N–H and O–H groups in total. The number of ether oxygens (including phenoxy) is 4. The molecule has 0 unspecified atom stereocenters. The number of nitrogens with one attached hydrogen (secondary N) is 2. The fourth-order valence-corrected chi connectivity index (χ4v) is 6.24. The first-order chi connectivity index (χ1) is 25.2. The van der Waals surface area contributed by atoms with E-state index in [9.17, 15) is 39.1 Å². The maximum absolute atomic E-state index is 12.7. The number of unbranched alkanes of at least 4 members (excludes halogenated alkanes) is 2. The fourth-order valence-electron chi connectivity index (χ4n) is 5.64. The smallest absolute Gasteiger partial charge is 0.325 e. The van der Waals surface area contributed by atoms with E-state index in [0.717, 1.165) is 6.42 Å². The Bertz CT molecular complexity index is 1460. The number of hydrogen-bond acceptors (Lipinski definition) is 12. The average Bonchev–Trinajstić information content (AvgIpc) is 3.41. The van der Waals surface area contributed by atoms with E-state index in [-0.39, 0.29) is 42.2 Å². The highest BCUT2D eigenvalue weighted by atomic mass is 31.2. The summed E-state index contributed by atoms with van der Waals surface area (Å²) in [7, 11) is -4.38. The standard InChI is InChI=1S/C36H56N3O14P/c1-35(2,50-21-18-36(3,4)51-22-19-37-27(40)8-6-5-7-20-39-29(42)13-14-30(39)43)17-15-28(41)38-24-9-11-25(12-10-24)52-34-33(46)32(45)31(44)26(53-34)16-23-54(47,48)49/h9-14,26,31-34,44-46H,5-8,15-23H2,1-4H3,(H,37,40)(H,38,41)(H2,47,48,49)/t26-,31-,32+,33+,34+/m1/s1. The van der Waals surface area contributed by atoms with Crippen molar-refractivity contribution in [3.8, 4) is 5.75 Å². The van der Waals surface area contributed by atoms with Gasteiger partial charge in [-0.25, -0.2) is 0 Å². The average molecular weight is 786 g/mol. The number of nitrogens with zero attached hydrogens (tertiary/aromatic N) is 1. The van der Waals surface area contributed by atoms with E-state index >= 15 is 0 Å².